The van der Waals surface area contributed by atoms with Crippen LogP contribution >= 0.6 is 0 Å². The van der Waals surface area contributed by atoms with E-state index in [9.17, 15) is 14.4 Å². The Morgan fingerprint density at radius 2 is 1.79 bits per heavy atom. The van der Waals surface area contributed by atoms with Gasteiger partial charge in [0.25, 0.3) is 5.91 Å². The lowest BCUT2D eigenvalue weighted by atomic mass is 9.96. The summed E-state index contributed by atoms with van der Waals surface area (Å²) in [4.78, 5) is 39.2. The predicted molar refractivity (Wildman–Crippen MR) is 85.8 cm³/mol. The smallest absolute Gasteiger partial charge is 0.306 e. The van der Waals surface area contributed by atoms with Crippen LogP contribution in [-0.4, -0.2) is 54.0 Å². The number of anilines is 1. The van der Waals surface area contributed by atoms with Gasteiger partial charge in [0.15, 0.2) is 0 Å². The molecular weight excluding hydrogens is 312 g/mol. The lowest BCUT2D eigenvalue weighted by Gasteiger charge is -2.33. The molecular formula is C17H20N2O5. The topological polar surface area (TPSA) is 87.2 Å². The maximum Gasteiger partial charge on any atom is 0.306 e. The zero-order valence-corrected chi connectivity index (χ0v) is 13.5. The van der Waals surface area contributed by atoms with Gasteiger partial charge in [0.2, 0.25) is 5.91 Å². The van der Waals surface area contributed by atoms with Gasteiger partial charge < -0.3 is 9.84 Å². The molecule has 2 amide bonds. The van der Waals surface area contributed by atoms with Crippen molar-refractivity contribution >= 4 is 23.5 Å². The summed E-state index contributed by atoms with van der Waals surface area (Å²) in [5, 5.41) is 9.06. The zero-order chi connectivity index (χ0) is 17.3. The third-order valence-corrected chi connectivity index (χ3v) is 4.77. The van der Waals surface area contributed by atoms with Crippen LogP contribution in [0.15, 0.2) is 24.3 Å². The minimum Gasteiger partial charge on any atom is -0.497 e. The summed E-state index contributed by atoms with van der Waals surface area (Å²) < 4.78 is 5.09. The Balaban J connectivity index is 1.71. The molecule has 2 fully saturated rings. The number of carbonyl (C=O) groups excluding carboxylic acids is 2. The summed E-state index contributed by atoms with van der Waals surface area (Å²) in [5.74, 6) is -0.950. The van der Waals surface area contributed by atoms with Crippen LogP contribution in [0.3, 0.4) is 0 Å². The van der Waals surface area contributed by atoms with E-state index in [-0.39, 0.29) is 24.2 Å². The molecule has 0 spiro atoms. The molecule has 1 N–H and O–H groups in total. The van der Waals surface area contributed by atoms with E-state index in [1.54, 1.807) is 31.4 Å². The van der Waals surface area contributed by atoms with Crippen LogP contribution in [0.5, 0.6) is 5.75 Å². The van der Waals surface area contributed by atoms with Crippen LogP contribution in [0.4, 0.5) is 5.69 Å². The fourth-order valence-electron chi connectivity index (χ4n) is 3.36. The number of rotatable bonds is 4. The second-order valence-electron chi connectivity index (χ2n) is 6.13. The molecule has 0 saturated carbocycles. The predicted octanol–water partition coefficient (Wildman–Crippen LogP) is 1.12. The van der Waals surface area contributed by atoms with E-state index in [1.807, 2.05) is 4.90 Å². The van der Waals surface area contributed by atoms with Gasteiger partial charge in [-0.25, -0.2) is 4.90 Å². The molecule has 2 aliphatic rings. The number of carboxylic acid groups (broad SMARTS) is 1. The van der Waals surface area contributed by atoms with Crippen molar-refractivity contribution < 1.29 is 24.2 Å². The van der Waals surface area contributed by atoms with Crippen LogP contribution in [0, 0.1) is 5.92 Å². The normalized spacial score (nSPS) is 22.9. The van der Waals surface area contributed by atoms with E-state index in [1.165, 1.54) is 4.90 Å². The van der Waals surface area contributed by atoms with Gasteiger partial charge in [-0.2, -0.15) is 0 Å². The average molecular weight is 332 g/mol. The average Bonchev–Trinajstić information content (AvgIpc) is 2.89. The highest BCUT2D eigenvalue weighted by Gasteiger charge is 2.43. The summed E-state index contributed by atoms with van der Waals surface area (Å²) in [6.45, 7) is 1.05. The number of nitrogens with zero attached hydrogens (tertiary/aromatic N) is 2. The maximum absolute atomic E-state index is 12.7. The molecule has 7 nitrogen and oxygen atoms in total. The second kappa shape index (κ2) is 6.60. The fourth-order valence-corrected chi connectivity index (χ4v) is 3.36. The van der Waals surface area contributed by atoms with E-state index in [0.29, 0.717) is 37.4 Å². The molecule has 1 aromatic carbocycles. The Kier molecular flexibility index (Phi) is 4.53. The number of carbonyl (C=O) groups is 3. The molecule has 128 valence electrons. The minimum atomic E-state index is -0.789. The first-order valence-electron chi connectivity index (χ1n) is 7.99. The molecule has 3 rings (SSSR count). The molecule has 7 heteroatoms. The molecule has 0 bridgehead atoms. The van der Waals surface area contributed by atoms with Gasteiger partial charge in [-0.3, -0.25) is 19.3 Å². The number of hydrogen-bond donors (Lipinski definition) is 1. The largest absolute Gasteiger partial charge is 0.497 e. The standard InChI is InChI=1S/C17H20N2O5/c1-24-13-4-2-12(3-5-13)19-15(20)10-14(16(19)21)18-8-6-11(7-9-18)17(22)23/h2-5,11,14H,6-10H2,1H3,(H,22,23). The number of likely N-dealkylation sites (tertiary alicyclic amines) is 1. The van der Waals surface area contributed by atoms with Crippen molar-refractivity contribution in [3.8, 4) is 5.75 Å². The number of piperidine rings is 1. The Labute approximate surface area is 139 Å². The number of benzene rings is 1. The lowest BCUT2D eigenvalue weighted by molar-refractivity contribution is -0.143. The van der Waals surface area contributed by atoms with Crippen molar-refractivity contribution in [1.82, 2.24) is 4.90 Å². The Morgan fingerprint density at radius 1 is 1.17 bits per heavy atom. The molecule has 2 aliphatic heterocycles. The molecule has 0 aromatic heterocycles. The molecule has 1 unspecified atom stereocenters. The number of aliphatic carboxylic acids is 1. The highest BCUT2D eigenvalue weighted by atomic mass is 16.5. The number of methoxy groups -OCH3 is 1. The van der Waals surface area contributed by atoms with Crippen LogP contribution in [-0.2, 0) is 14.4 Å². The van der Waals surface area contributed by atoms with E-state index in [2.05, 4.69) is 0 Å². The van der Waals surface area contributed by atoms with Crippen molar-refractivity contribution in [1.29, 1.82) is 0 Å². The van der Waals surface area contributed by atoms with Gasteiger partial charge >= 0.3 is 5.97 Å². The molecule has 1 aromatic rings. The highest BCUT2D eigenvalue weighted by Crippen LogP contribution is 2.29. The molecule has 24 heavy (non-hydrogen) atoms. The van der Waals surface area contributed by atoms with Gasteiger partial charge in [-0.05, 0) is 50.2 Å². The number of hydrogen-bond acceptors (Lipinski definition) is 5. The van der Waals surface area contributed by atoms with Crippen LogP contribution < -0.4 is 9.64 Å². The molecule has 0 aliphatic carbocycles. The number of ether oxygens (including phenoxy) is 1. The van der Waals surface area contributed by atoms with Crippen molar-refractivity contribution in [2.24, 2.45) is 5.92 Å². The second-order valence-corrected chi connectivity index (χ2v) is 6.13. The van der Waals surface area contributed by atoms with E-state index in [4.69, 9.17) is 9.84 Å². The molecule has 2 saturated heterocycles. The number of carboxylic acids is 1. The SMILES string of the molecule is COc1ccc(N2C(=O)CC(N3CCC(C(=O)O)CC3)C2=O)cc1. The molecule has 2 heterocycles. The Hall–Kier alpha value is -2.41. The van der Waals surface area contributed by atoms with E-state index >= 15 is 0 Å². The van der Waals surface area contributed by atoms with Crippen LogP contribution in [0.25, 0.3) is 0 Å². The summed E-state index contributed by atoms with van der Waals surface area (Å²) in [6.07, 6.45) is 1.16. The van der Waals surface area contributed by atoms with Crippen LogP contribution in [0.1, 0.15) is 19.3 Å². The highest BCUT2D eigenvalue weighted by molar-refractivity contribution is 6.22. The van der Waals surface area contributed by atoms with Gasteiger partial charge in [-0.15, -0.1) is 0 Å². The van der Waals surface area contributed by atoms with Crippen molar-refractivity contribution in [3.05, 3.63) is 24.3 Å². The summed E-state index contributed by atoms with van der Waals surface area (Å²) in [6, 6.07) is 6.30. The Morgan fingerprint density at radius 3 is 2.33 bits per heavy atom. The van der Waals surface area contributed by atoms with E-state index in [0.717, 1.165) is 0 Å². The van der Waals surface area contributed by atoms with Crippen LogP contribution in [0.2, 0.25) is 0 Å². The first-order chi connectivity index (χ1) is 11.5. The third kappa shape index (κ3) is 2.99. The van der Waals surface area contributed by atoms with E-state index < -0.39 is 12.0 Å². The third-order valence-electron chi connectivity index (χ3n) is 4.77. The summed E-state index contributed by atoms with van der Waals surface area (Å²) in [7, 11) is 1.55. The van der Waals surface area contributed by atoms with Gasteiger partial charge in [-0.1, -0.05) is 0 Å². The quantitative estimate of drug-likeness (QED) is 0.832. The van der Waals surface area contributed by atoms with Crippen molar-refractivity contribution in [2.75, 3.05) is 25.1 Å². The van der Waals surface area contributed by atoms with Gasteiger partial charge in [0.05, 0.1) is 31.2 Å². The van der Waals surface area contributed by atoms with Crippen molar-refractivity contribution in [3.63, 3.8) is 0 Å². The molecule has 1 atom stereocenters. The lowest BCUT2D eigenvalue weighted by Crippen LogP contribution is -2.46. The minimum absolute atomic E-state index is 0.141. The summed E-state index contributed by atoms with van der Waals surface area (Å²) in [5.41, 5.74) is 0.536. The van der Waals surface area contributed by atoms with Gasteiger partial charge in [0, 0.05) is 0 Å². The first-order valence-corrected chi connectivity index (χ1v) is 7.99. The maximum atomic E-state index is 12.7. The van der Waals surface area contributed by atoms with Gasteiger partial charge in [0.1, 0.15) is 5.75 Å². The first kappa shape index (κ1) is 16.4. The molecule has 0 radical (unpaired) electrons. The van der Waals surface area contributed by atoms with Crippen molar-refractivity contribution in [2.45, 2.75) is 25.3 Å². The monoisotopic (exact) mass is 332 g/mol. The number of amides is 2. The summed E-state index contributed by atoms with van der Waals surface area (Å²) >= 11 is 0. The zero-order valence-electron chi connectivity index (χ0n) is 13.5. The fraction of sp³-hybridized carbons (Fsp3) is 0.471. The Bertz CT molecular complexity index is 649. The number of imide groups is 1.